The molecule has 0 radical (unpaired) electrons. The van der Waals surface area contributed by atoms with E-state index in [4.69, 9.17) is 10.8 Å². The first kappa shape index (κ1) is 16.7. The van der Waals surface area contributed by atoms with E-state index in [1.54, 1.807) is 6.92 Å². The van der Waals surface area contributed by atoms with E-state index < -0.39 is 31.1 Å². The van der Waals surface area contributed by atoms with Gasteiger partial charge < -0.3 is 15.7 Å². The van der Waals surface area contributed by atoms with Crippen molar-refractivity contribution in [1.82, 2.24) is 4.90 Å². The molecular weight excluding hydrogens is 253 g/mol. The Morgan fingerprint density at radius 1 is 1.39 bits per heavy atom. The zero-order chi connectivity index (χ0) is 14.3. The van der Waals surface area contributed by atoms with Crippen molar-refractivity contribution in [3.8, 4) is 0 Å². The van der Waals surface area contributed by atoms with Crippen LogP contribution in [0.2, 0.25) is 0 Å². The van der Waals surface area contributed by atoms with E-state index in [1.807, 2.05) is 0 Å². The number of alkyl halides is 3. The SMILES string of the molecule is CC(CN)CCC(=O)N(CC(=O)O)CC(F)(F)F. The first-order valence-electron chi connectivity index (χ1n) is 5.42. The van der Waals surface area contributed by atoms with Crippen molar-refractivity contribution in [2.45, 2.75) is 25.9 Å². The van der Waals surface area contributed by atoms with Crippen molar-refractivity contribution in [2.75, 3.05) is 19.6 Å². The highest BCUT2D eigenvalue weighted by Gasteiger charge is 2.33. The number of carboxylic acid groups (broad SMARTS) is 1. The number of hydrogen-bond acceptors (Lipinski definition) is 3. The normalized spacial score (nSPS) is 13.2. The molecule has 0 fully saturated rings. The first-order valence-corrected chi connectivity index (χ1v) is 5.42. The lowest BCUT2D eigenvalue weighted by atomic mass is 10.1. The number of rotatable bonds is 7. The minimum Gasteiger partial charge on any atom is -0.480 e. The largest absolute Gasteiger partial charge is 0.480 e. The Morgan fingerprint density at radius 2 is 1.94 bits per heavy atom. The van der Waals surface area contributed by atoms with Gasteiger partial charge in [-0.25, -0.2) is 0 Å². The number of halogens is 3. The summed E-state index contributed by atoms with van der Waals surface area (Å²) >= 11 is 0. The molecule has 0 bridgehead atoms. The molecule has 0 aliphatic heterocycles. The van der Waals surface area contributed by atoms with Gasteiger partial charge in [-0.05, 0) is 18.9 Å². The first-order chi connectivity index (χ1) is 8.15. The summed E-state index contributed by atoms with van der Waals surface area (Å²) < 4.78 is 36.5. The molecule has 5 nitrogen and oxygen atoms in total. The van der Waals surface area contributed by atoms with Gasteiger partial charge in [0.2, 0.25) is 5.91 Å². The van der Waals surface area contributed by atoms with Crippen molar-refractivity contribution in [2.24, 2.45) is 11.7 Å². The van der Waals surface area contributed by atoms with Gasteiger partial charge in [0.25, 0.3) is 0 Å². The Hall–Kier alpha value is -1.31. The van der Waals surface area contributed by atoms with Gasteiger partial charge in [-0.15, -0.1) is 0 Å². The second-order valence-electron chi connectivity index (χ2n) is 4.14. The standard InChI is InChI=1S/C10H17F3N2O3/c1-7(4-14)2-3-8(16)15(5-9(17)18)6-10(11,12)13/h7H,2-6,14H2,1H3,(H,17,18). The fourth-order valence-corrected chi connectivity index (χ4v) is 1.26. The highest BCUT2D eigenvalue weighted by molar-refractivity contribution is 5.81. The van der Waals surface area contributed by atoms with Crippen LogP contribution in [-0.4, -0.2) is 47.7 Å². The topological polar surface area (TPSA) is 83.6 Å². The number of carboxylic acids is 1. The summed E-state index contributed by atoms with van der Waals surface area (Å²) in [7, 11) is 0. The maximum absolute atomic E-state index is 12.2. The lowest BCUT2D eigenvalue weighted by Crippen LogP contribution is -2.42. The average molecular weight is 270 g/mol. The van der Waals surface area contributed by atoms with Crippen LogP contribution in [0.5, 0.6) is 0 Å². The smallest absolute Gasteiger partial charge is 0.406 e. The van der Waals surface area contributed by atoms with Crippen molar-refractivity contribution in [3.05, 3.63) is 0 Å². The van der Waals surface area contributed by atoms with Gasteiger partial charge >= 0.3 is 12.1 Å². The Balaban J connectivity index is 4.45. The van der Waals surface area contributed by atoms with Crippen LogP contribution in [0.15, 0.2) is 0 Å². The van der Waals surface area contributed by atoms with E-state index in [-0.39, 0.29) is 12.3 Å². The third-order valence-corrected chi connectivity index (χ3v) is 2.30. The molecule has 18 heavy (non-hydrogen) atoms. The van der Waals surface area contributed by atoms with E-state index in [0.29, 0.717) is 17.9 Å². The molecule has 0 saturated heterocycles. The van der Waals surface area contributed by atoms with Gasteiger partial charge in [-0.2, -0.15) is 13.2 Å². The second-order valence-corrected chi connectivity index (χ2v) is 4.14. The lowest BCUT2D eigenvalue weighted by molar-refractivity contribution is -0.165. The van der Waals surface area contributed by atoms with Gasteiger partial charge in [0.05, 0.1) is 0 Å². The summed E-state index contributed by atoms with van der Waals surface area (Å²) in [5.41, 5.74) is 5.32. The summed E-state index contributed by atoms with van der Waals surface area (Å²) in [6, 6.07) is 0. The fraction of sp³-hybridized carbons (Fsp3) is 0.800. The maximum atomic E-state index is 12.2. The maximum Gasteiger partial charge on any atom is 0.406 e. The molecule has 106 valence electrons. The molecule has 0 spiro atoms. The molecule has 3 N–H and O–H groups in total. The van der Waals surface area contributed by atoms with Gasteiger partial charge in [0.1, 0.15) is 13.1 Å². The molecule has 0 aromatic carbocycles. The Bertz CT molecular complexity index is 295. The number of aliphatic carboxylic acids is 1. The Labute approximate surface area is 103 Å². The zero-order valence-electron chi connectivity index (χ0n) is 10.0. The molecule has 0 heterocycles. The van der Waals surface area contributed by atoms with Crippen molar-refractivity contribution >= 4 is 11.9 Å². The van der Waals surface area contributed by atoms with Crippen molar-refractivity contribution < 1.29 is 27.9 Å². The van der Waals surface area contributed by atoms with E-state index >= 15 is 0 Å². The predicted molar refractivity (Wildman–Crippen MR) is 57.7 cm³/mol. The van der Waals surface area contributed by atoms with Crippen LogP contribution in [-0.2, 0) is 9.59 Å². The second kappa shape index (κ2) is 7.20. The van der Waals surface area contributed by atoms with E-state index in [2.05, 4.69) is 0 Å². The van der Waals surface area contributed by atoms with Crippen LogP contribution in [0, 0.1) is 5.92 Å². The van der Waals surface area contributed by atoms with Crippen LogP contribution < -0.4 is 5.73 Å². The molecule has 0 aliphatic carbocycles. The molecule has 0 saturated carbocycles. The minimum atomic E-state index is -4.61. The number of amides is 1. The van der Waals surface area contributed by atoms with Crippen LogP contribution in [0.3, 0.4) is 0 Å². The molecule has 0 aromatic heterocycles. The van der Waals surface area contributed by atoms with Crippen LogP contribution in [0.1, 0.15) is 19.8 Å². The Morgan fingerprint density at radius 3 is 2.33 bits per heavy atom. The molecule has 1 atom stereocenters. The van der Waals surface area contributed by atoms with E-state index in [1.165, 1.54) is 0 Å². The van der Waals surface area contributed by atoms with Gasteiger partial charge in [0, 0.05) is 6.42 Å². The fourth-order valence-electron chi connectivity index (χ4n) is 1.26. The highest BCUT2D eigenvalue weighted by atomic mass is 19.4. The molecular formula is C10H17F3N2O3. The summed E-state index contributed by atoms with van der Waals surface area (Å²) in [5, 5.41) is 8.47. The quantitative estimate of drug-likeness (QED) is 0.718. The molecule has 0 aromatic rings. The number of nitrogens with zero attached hydrogens (tertiary/aromatic N) is 1. The molecule has 0 aliphatic rings. The number of carbonyl (C=O) groups is 2. The molecule has 0 rings (SSSR count). The summed E-state index contributed by atoms with van der Waals surface area (Å²) in [5.74, 6) is -2.29. The van der Waals surface area contributed by atoms with Gasteiger partial charge in [-0.3, -0.25) is 9.59 Å². The number of nitrogens with two attached hydrogens (primary N) is 1. The van der Waals surface area contributed by atoms with Crippen LogP contribution in [0.25, 0.3) is 0 Å². The van der Waals surface area contributed by atoms with Gasteiger partial charge in [-0.1, -0.05) is 6.92 Å². The molecule has 1 amide bonds. The summed E-state index contributed by atoms with van der Waals surface area (Å²) in [4.78, 5) is 22.2. The molecule has 8 heteroatoms. The third-order valence-electron chi connectivity index (χ3n) is 2.30. The number of hydrogen-bond donors (Lipinski definition) is 2. The van der Waals surface area contributed by atoms with E-state index in [9.17, 15) is 22.8 Å². The van der Waals surface area contributed by atoms with Crippen molar-refractivity contribution in [3.63, 3.8) is 0 Å². The van der Waals surface area contributed by atoms with Crippen LogP contribution in [0.4, 0.5) is 13.2 Å². The zero-order valence-corrected chi connectivity index (χ0v) is 10.0. The third kappa shape index (κ3) is 7.88. The van der Waals surface area contributed by atoms with Crippen LogP contribution >= 0.6 is 0 Å². The minimum absolute atomic E-state index is 0.00603. The highest BCUT2D eigenvalue weighted by Crippen LogP contribution is 2.17. The summed E-state index contributed by atoms with van der Waals surface area (Å²) in [6.45, 7) is -0.408. The monoisotopic (exact) mass is 270 g/mol. The van der Waals surface area contributed by atoms with Gasteiger partial charge in [0.15, 0.2) is 0 Å². The van der Waals surface area contributed by atoms with Crippen molar-refractivity contribution in [1.29, 1.82) is 0 Å². The van der Waals surface area contributed by atoms with E-state index in [0.717, 1.165) is 0 Å². The Kier molecular flexibility index (Phi) is 6.67. The average Bonchev–Trinajstić information content (AvgIpc) is 2.21. The molecule has 1 unspecified atom stereocenters. The lowest BCUT2D eigenvalue weighted by Gasteiger charge is -2.22. The summed E-state index contributed by atoms with van der Waals surface area (Å²) in [6.07, 6.45) is -4.41. The predicted octanol–water partition coefficient (Wildman–Crippen LogP) is 0.837. The number of carbonyl (C=O) groups excluding carboxylic acids is 1.